The predicted molar refractivity (Wildman–Crippen MR) is 197 cm³/mol. The maximum absolute atomic E-state index is 6.45. The number of hydrogen-bond acceptors (Lipinski definition) is 2. The van der Waals surface area contributed by atoms with Gasteiger partial charge in [-0.25, -0.2) is 5.32 Å². The summed E-state index contributed by atoms with van der Waals surface area (Å²) in [6, 6.07) is 50.0. The highest BCUT2D eigenvalue weighted by molar-refractivity contribution is 6.13. The molecule has 1 atom stereocenters. The van der Waals surface area contributed by atoms with Gasteiger partial charge in [-0.3, -0.25) is 0 Å². The van der Waals surface area contributed by atoms with E-state index in [2.05, 4.69) is 160 Å². The molecule has 4 heteroatoms. The fourth-order valence-electron chi connectivity index (χ4n) is 7.71. The third-order valence-electron chi connectivity index (χ3n) is 9.97. The summed E-state index contributed by atoms with van der Waals surface area (Å²) in [7, 11) is 0. The maximum Gasteiger partial charge on any atom is 0.289 e. The van der Waals surface area contributed by atoms with Crippen LogP contribution in [0.4, 0.5) is 5.69 Å². The van der Waals surface area contributed by atoms with Crippen molar-refractivity contribution < 1.29 is 8.99 Å². The lowest BCUT2D eigenvalue weighted by Gasteiger charge is -2.31. The summed E-state index contributed by atoms with van der Waals surface area (Å²) in [6.45, 7) is 0. The zero-order chi connectivity index (χ0) is 31.6. The molecule has 1 N–H and O–H groups in total. The normalized spacial score (nSPS) is 16.1. The van der Waals surface area contributed by atoms with Crippen LogP contribution in [0.25, 0.3) is 60.6 Å². The first-order chi connectivity index (χ1) is 23.8. The van der Waals surface area contributed by atoms with Crippen molar-refractivity contribution in [2.75, 3.05) is 0 Å². The number of furan rings is 1. The van der Waals surface area contributed by atoms with Gasteiger partial charge in [0.15, 0.2) is 0 Å². The number of hydrogen-bond donors (Lipinski definition) is 1. The van der Waals surface area contributed by atoms with E-state index < -0.39 is 0 Å². The predicted octanol–water partition coefficient (Wildman–Crippen LogP) is 10.6. The molecule has 2 aliphatic rings. The first kappa shape index (κ1) is 27.0. The van der Waals surface area contributed by atoms with Gasteiger partial charge in [-0.05, 0) is 66.9 Å². The van der Waals surface area contributed by atoms with Crippen molar-refractivity contribution >= 4 is 55.3 Å². The number of para-hydroxylation sites is 4. The number of allylic oxidation sites excluding steroid dienone is 3. The molecule has 1 aliphatic carbocycles. The van der Waals surface area contributed by atoms with Crippen molar-refractivity contribution in [1.29, 1.82) is 0 Å². The highest BCUT2D eigenvalue weighted by atomic mass is 16.3. The van der Waals surface area contributed by atoms with Crippen LogP contribution in [0.15, 0.2) is 168 Å². The zero-order valence-electron chi connectivity index (χ0n) is 26.3. The average Bonchev–Trinajstić information content (AvgIpc) is 3.68. The van der Waals surface area contributed by atoms with Gasteiger partial charge in [-0.2, -0.15) is 4.58 Å². The Labute approximate surface area is 278 Å². The SMILES string of the molecule is C1=CCCC(C2NC(c3cccc(-n4c5ccccc5c5ccc(-c6cccc7c6oc6ccccc67)cc54)c3)=[N+]2c2ccccc2)=C1. The van der Waals surface area contributed by atoms with Crippen molar-refractivity contribution in [2.24, 2.45) is 0 Å². The van der Waals surface area contributed by atoms with E-state index >= 15 is 0 Å². The average molecular weight is 619 g/mol. The van der Waals surface area contributed by atoms with E-state index in [-0.39, 0.29) is 6.17 Å². The number of benzene rings is 6. The van der Waals surface area contributed by atoms with Gasteiger partial charge in [-0.1, -0.05) is 109 Å². The summed E-state index contributed by atoms with van der Waals surface area (Å²) in [5.41, 5.74) is 11.3. The molecule has 48 heavy (non-hydrogen) atoms. The highest BCUT2D eigenvalue weighted by Crippen LogP contribution is 2.39. The second kappa shape index (κ2) is 10.7. The van der Waals surface area contributed by atoms with Crippen LogP contribution in [0.3, 0.4) is 0 Å². The van der Waals surface area contributed by atoms with Crippen LogP contribution in [-0.4, -0.2) is 21.1 Å². The molecule has 0 saturated heterocycles. The van der Waals surface area contributed by atoms with E-state index in [1.165, 1.54) is 33.1 Å². The second-order valence-electron chi connectivity index (χ2n) is 12.7. The quantitative estimate of drug-likeness (QED) is 0.195. The van der Waals surface area contributed by atoms with Crippen LogP contribution in [0.1, 0.15) is 18.4 Å². The third-order valence-corrected chi connectivity index (χ3v) is 9.97. The lowest BCUT2D eigenvalue weighted by atomic mass is 9.98. The molecule has 228 valence electrons. The molecule has 1 unspecified atom stereocenters. The Morgan fingerprint density at radius 2 is 1.44 bits per heavy atom. The monoisotopic (exact) mass is 618 g/mol. The molecule has 0 spiro atoms. The molecule has 0 saturated carbocycles. The second-order valence-corrected chi connectivity index (χ2v) is 12.7. The van der Waals surface area contributed by atoms with Crippen molar-refractivity contribution in [3.63, 3.8) is 0 Å². The van der Waals surface area contributed by atoms with E-state index in [1.807, 2.05) is 12.1 Å². The maximum atomic E-state index is 6.45. The summed E-state index contributed by atoms with van der Waals surface area (Å²) in [5.74, 6) is 1.13. The molecule has 4 nitrogen and oxygen atoms in total. The third kappa shape index (κ3) is 4.12. The van der Waals surface area contributed by atoms with Gasteiger partial charge < -0.3 is 8.98 Å². The molecule has 0 bridgehead atoms. The van der Waals surface area contributed by atoms with Crippen LogP contribution in [-0.2, 0) is 0 Å². The summed E-state index contributed by atoms with van der Waals surface area (Å²) < 4.78 is 11.3. The van der Waals surface area contributed by atoms with Gasteiger partial charge in [0.05, 0.1) is 16.6 Å². The van der Waals surface area contributed by atoms with Crippen LogP contribution in [0, 0.1) is 0 Å². The number of nitrogens with zero attached hydrogens (tertiary/aromatic N) is 2. The van der Waals surface area contributed by atoms with Crippen molar-refractivity contribution in [3.8, 4) is 16.8 Å². The summed E-state index contributed by atoms with van der Waals surface area (Å²) in [6.07, 6.45) is 9.00. The fourth-order valence-corrected chi connectivity index (χ4v) is 7.71. The van der Waals surface area contributed by atoms with Crippen molar-refractivity contribution in [3.05, 3.63) is 169 Å². The molecule has 0 radical (unpaired) electrons. The lowest BCUT2D eigenvalue weighted by Crippen LogP contribution is -2.58. The Morgan fingerprint density at radius 3 is 2.33 bits per heavy atom. The first-order valence-corrected chi connectivity index (χ1v) is 16.7. The molecule has 6 aromatic carbocycles. The molecule has 10 rings (SSSR count). The minimum Gasteiger partial charge on any atom is -0.455 e. The minimum atomic E-state index is 0.146. The smallest absolute Gasteiger partial charge is 0.289 e. The fraction of sp³-hybridized carbons (Fsp3) is 0.0682. The molecule has 2 aromatic heterocycles. The molecular weight excluding hydrogens is 587 g/mol. The number of fused-ring (bicyclic) bond motifs is 6. The van der Waals surface area contributed by atoms with E-state index in [1.54, 1.807) is 0 Å². The van der Waals surface area contributed by atoms with Gasteiger partial charge in [-0.15, -0.1) is 0 Å². The highest BCUT2D eigenvalue weighted by Gasteiger charge is 2.41. The Bertz CT molecular complexity index is 2650. The number of aromatic nitrogens is 1. The first-order valence-electron chi connectivity index (χ1n) is 16.7. The molecular formula is C44H32N3O+. The van der Waals surface area contributed by atoms with E-state index in [9.17, 15) is 0 Å². The van der Waals surface area contributed by atoms with Crippen LogP contribution < -0.4 is 5.32 Å². The van der Waals surface area contributed by atoms with E-state index in [0.717, 1.165) is 63.0 Å². The van der Waals surface area contributed by atoms with Crippen LogP contribution >= 0.6 is 0 Å². The molecule has 1 aliphatic heterocycles. The van der Waals surface area contributed by atoms with Gasteiger partial charge in [0.25, 0.3) is 12.0 Å². The van der Waals surface area contributed by atoms with E-state index in [0.29, 0.717) is 0 Å². The van der Waals surface area contributed by atoms with Crippen LogP contribution in [0.2, 0.25) is 0 Å². The molecule has 0 fully saturated rings. The lowest BCUT2D eigenvalue weighted by molar-refractivity contribution is -0.513. The van der Waals surface area contributed by atoms with Crippen molar-refractivity contribution in [1.82, 2.24) is 9.88 Å². The van der Waals surface area contributed by atoms with Gasteiger partial charge in [0, 0.05) is 38.4 Å². The molecule has 8 aromatic rings. The molecule has 0 amide bonds. The van der Waals surface area contributed by atoms with Gasteiger partial charge in [0.1, 0.15) is 16.9 Å². The summed E-state index contributed by atoms with van der Waals surface area (Å²) in [4.78, 5) is 0. The minimum absolute atomic E-state index is 0.146. The summed E-state index contributed by atoms with van der Waals surface area (Å²) in [5, 5.41) is 8.60. The Balaban J connectivity index is 1.16. The Kier molecular flexibility index (Phi) is 6.03. The van der Waals surface area contributed by atoms with Gasteiger partial charge >= 0.3 is 0 Å². The Hall–Kier alpha value is -6.13. The Morgan fingerprint density at radius 1 is 0.646 bits per heavy atom. The summed E-state index contributed by atoms with van der Waals surface area (Å²) >= 11 is 0. The number of amidine groups is 1. The molecule has 3 heterocycles. The van der Waals surface area contributed by atoms with Crippen molar-refractivity contribution in [2.45, 2.75) is 19.0 Å². The van der Waals surface area contributed by atoms with Crippen LogP contribution in [0.5, 0.6) is 0 Å². The standard InChI is InChI=1S/C44H31N3O/c1-3-13-29(14-4-1)43-45-44(47(43)32-16-5-2-6-17-32)31-15-11-18-33(27-31)46-39-23-9-7-19-35(39)36-26-25-30(28-40(36)46)34-21-12-22-38-37-20-8-10-24-41(37)48-42(34)38/h1-3,5-13,15-28,43H,4,14H2/p+1. The topological polar surface area (TPSA) is 33.1 Å². The zero-order valence-corrected chi connectivity index (χ0v) is 26.3. The number of nitrogens with one attached hydrogen (secondary N) is 1. The van der Waals surface area contributed by atoms with E-state index in [4.69, 9.17) is 4.42 Å². The number of rotatable bonds is 5. The van der Waals surface area contributed by atoms with Gasteiger partial charge in [0.2, 0.25) is 0 Å². The largest absolute Gasteiger partial charge is 0.455 e.